The van der Waals surface area contributed by atoms with Crippen LogP contribution in [0.4, 0.5) is 5.69 Å². The van der Waals surface area contributed by atoms with Gasteiger partial charge in [0.2, 0.25) is 6.10 Å². The van der Waals surface area contributed by atoms with Crippen LogP contribution in [-0.4, -0.2) is 35.9 Å². The zero-order valence-electron chi connectivity index (χ0n) is 11.8. The molecule has 0 spiro atoms. The first-order chi connectivity index (χ1) is 10.8. The number of aromatic nitrogens is 1. The van der Waals surface area contributed by atoms with Crippen molar-refractivity contribution in [3.05, 3.63) is 42.6 Å². The Labute approximate surface area is 132 Å². The van der Waals surface area contributed by atoms with Crippen molar-refractivity contribution in [2.75, 3.05) is 23.8 Å². The maximum atomic E-state index is 12.8. The summed E-state index contributed by atoms with van der Waals surface area (Å²) >= 11 is 1.67. The van der Waals surface area contributed by atoms with Gasteiger partial charge in [-0.2, -0.15) is 0 Å². The number of nitrogens with zero attached hydrogens (tertiary/aromatic N) is 2. The summed E-state index contributed by atoms with van der Waals surface area (Å²) in [5.74, 6) is 2.05. The molecule has 0 saturated heterocycles. The van der Waals surface area contributed by atoms with Gasteiger partial charge in [-0.05, 0) is 24.3 Å². The van der Waals surface area contributed by atoms with E-state index in [4.69, 9.17) is 9.47 Å². The SMILES string of the molecule is O=C([C@H]1COc2ccccc2O1)N1CCSc2ncccc21. The first-order valence-corrected chi connectivity index (χ1v) is 8.09. The summed E-state index contributed by atoms with van der Waals surface area (Å²) in [7, 11) is 0. The molecule has 3 heterocycles. The van der Waals surface area contributed by atoms with Crippen LogP contribution in [-0.2, 0) is 4.79 Å². The monoisotopic (exact) mass is 314 g/mol. The molecular weight excluding hydrogens is 300 g/mol. The number of ether oxygens (including phenoxy) is 2. The number of carbonyl (C=O) groups excluding carboxylic acids is 1. The summed E-state index contributed by atoms with van der Waals surface area (Å²) in [5, 5.41) is 0.888. The number of benzene rings is 1. The fourth-order valence-electron chi connectivity index (χ4n) is 2.60. The highest BCUT2D eigenvalue weighted by atomic mass is 32.2. The predicted molar refractivity (Wildman–Crippen MR) is 83.7 cm³/mol. The first kappa shape index (κ1) is 13.5. The standard InChI is InChI=1S/C16H14N2O3S/c19-16(14-10-20-12-5-1-2-6-13(12)21-14)18-8-9-22-15-11(18)4-3-7-17-15/h1-7,14H,8-10H2/t14-/m1/s1. The lowest BCUT2D eigenvalue weighted by Gasteiger charge is -2.33. The van der Waals surface area contributed by atoms with Crippen LogP contribution < -0.4 is 14.4 Å². The second-order valence-corrected chi connectivity index (χ2v) is 6.11. The van der Waals surface area contributed by atoms with Gasteiger partial charge in [0.25, 0.3) is 5.91 Å². The first-order valence-electron chi connectivity index (χ1n) is 7.10. The number of hydrogen-bond donors (Lipinski definition) is 0. The van der Waals surface area contributed by atoms with E-state index >= 15 is 0 Å². The Morgan fingerprint density at radius 1 is 1.23 bits per heavy atom. The average molecular weight is 314 g/mol. The fraction of sp³-hybridized carbons (Fsp3) is 0.250. The van der Waals surface area contributed by atoms with Gasteiger partial charge in [0.15, 0.2) is 11.5 Å². The summed E-state index contributed by atoms with van der Waals surface area (Å²) in [5.41, 5.74) is 0.853. The number of hydrogen-bond acceptors (Lipinski definition) is 5. The lowest BCUT2D eigenvalue weighted by atomic mass is 10.2. The van der Waals surface area contributed by atoms with Crippen LogP contribution in [0.5, 0.6) is 11.5 Å². The van der Waals surface area contributed by atoms with Crippen molar-refractivity contribution in [2.45, 2.75) is 11.1 Å². The quantitative estimate of drug-likeness (QED) is 0.809. The van der Waals surface area contributed by atoms with E-state index in [9.17, 15) is 4.79 Å². The Morgan fingerprint density at radius 3 is 3.00 bits per heavy atom. The van der Waals surface area contributed by atoms with Crippen LogP contribution >= 0.6 is 11.8 Å². The Kier molecular flexibility index (Phi) is 3.38. The number of thioether (sulfide) groups is 1. The average Bonchev–Trinajstić information content (AvgIpc) is 2.60. The van der Waals surface area contributed by atoms with Gasteiger partial charge < -0.3 is 14.4 Å². The van der Waals surface area contributed by atoms with Crippen molar-refractivity contribution in [3.63, 3.8) is 0 Å². The third kappa shape index (κ3) is 2.29. The van der Waals surface area contributed by atoms with E-state index in [1.54, 1.807) is 22.9 Å². The van der Waals surface area contributed by atoms with E-state index in [2.05, 4.69) is 4.98 Å². The van der Waals surface area contributed by atoms with Crippen molar-refractivity contribution in [2.24, 2.45) is 0 Å². The van der Waals surface area contributed by atoms with Crippen molar-refractivity contribution in [1.29, 1.82) is 0 Å². The van der Waals surface area contributed by atoms with Gasteiger partial charge in [-0.3, -0.25) is 4.79 Å². The molecule has 1 atom stereocenters. The highest BCUT2D eigenvalue weighted by Gasteiger charge is 2.34. The van der Waals surface area contributed by atoms with Crippen molar-refractivity contribution >= 4 is 23.4 Å². The summed E-state index contributed by atoms with van der Waals surface area (Å²) in [6.45, 7) is 0.888. The van der Waals surface area contributed by atoms with Gasteiger partial charge in [-0.25, -0.2) is 4.98 Å². The minimum Gasteiger partial charge on any atom is -0.485 e. The van der Waals surface area contributed by atoms with Crippen LogP contribution in [0.15, 0.2) is 47.6 Å². The summed E-state index contributed by atoms with van der Waals surface area (Å²) in [6, 6.07) is 11.2. The molecule has 0 N–H and O–H groups in total. The Balaban J connectivity index is 1.59. The third-order valence-electron chi connectivity index (χ3n) is 3.65. The van der Waals surface area contributed by atoms with Crippen molar-refractivity contribution < 1.29 is 14.3 Å². The van der Waals surface area contributed by atoms with E-state index in [1.807, 2.05) is 36.4 Å². The Morgan fingerprint density at radius 2 is 2.09 bits per heavy atom. The minimum absolute atomic E-state index is 0.0796. The van der Waals surface area contributed by atoms with Gasteiger partial charge in [-0.1, -0.05) is 12.1 Å². The number of pyridine rings is 1. The van der Waals surface area contributed by atoms with E-state index < -0.39 is 6.10 Å². The minimum atomic E-state index is -0.619. The molecule has 1 amide bonds. The maximum absolute atomic E-state index is 12.8. The van der Waals surface area contributed by atoms with Crippen LogP contribution in [0, 0.1) is 0 Å². The van der Waals surface area contributed by atoms with E-state index in [1.165, 1.54) is 0 Å². The molecule has 0 radical (unpaired) electrons. The molecule has 1 aromatic carbocycles. The van der Waals surface area contributed by atoms with Crippen molar-refractivity contribution in [3.8, 4) is 11.5 Å². The number of anilines is 1. The number of fused-ring (bicyclic) bond motifs is 2. The molecule has 5 nitrogen and oxygen atoms in total. The van der Waals surface area contributed by atoms with Gasteiger partial charge >= 0.3 is 0 Å². The molecule has 6 heteroatoms. The normalized spacial score (nSPS) is 19.5. The second-order valence-electron chi connectivity index (χ2n) is 5.03. The highest BCUT2D eigenvalue weighted by molar-refractivity contribution is 7.99. The van der Waals surface area contributed by atoms with E-state index in [0.29, 0.717) is 18.0 Å². The maximum Gasteiger partial charge on any atom is 0.271 e. The molecule has 22 heavy (non-hydrogen) atoms. The van der Waals surface area contributed by atoms with Gasteiger partial charge in [0.05, 0.1) is 5.69 Å². The van der Waals surface area contributed by atoms with Crippen LogP contribution in [0.2, 0.25) is 0 Å². The summed E-state index contributed by atoms with van der Waals surface area (Å²) in [6.07, 6.45) is 1.13. The molecule has 0 unspecified atom stereocenters. The molecule has 0 bridgehead atoms. The van der Waals surface area contributed by atoms with Crippen LogP contribution in [0.3, 0.4) is 0 Å². The molecule has 2 aliphatic heterocycles. The molecule has 0 saturated carbocycles. The second kappa shape index (κ2) is 5.53. The molecular formula is C16H14N2O3S. The molecule has 0 aliphatic carbocycles. The largest absolute Gasteiger partial charge is 0.485 e. The summed E-state index contributed by atoms with van der Waals surface area (Å²) in [4.78, 5) is 18.9. The lowest BCUT2D eigenvalue weighted by molar-refractivity contribution is -0.127. The Hall–Kier alpha value is -2.21. The molecule has 4 rings (SSSR count). The van der Waals surface area contributed by atoms with E-state index in [-0.39, 0.29) is 12.5 Å². The van der Waals surface area contributed by atoms with E-state index in [0.717, 1.165) is 16.5 Å². The zero-order valence-corrected chi connectivity index (χ0v) is 12.6. The van der Waals surface area contributed by atoms with Gasteiger partial charge in [0, 0.05) is 18.5 Å². The molecule has 2 aliphatic rings. The summed E-state index contributed by atoms with van der Waals surface area (Å²) < 4.78 is 11.5. The zero-order chi connectivity index (χ0) is 14.9. The number of rotatable bonds is 1. The molecule has 112 valence electrons. The smallest absolute Gasteiger partial charge is 0.271 e. The third-order valence-corrected chi connectivity index (χ3v) is 4.62. The van der Waals surface area contributed by atoms with Crippen molar-refractivity contribution in [1.82, 2.24) is 4.98 Å². The molecule has 0 fully saturated rings. The highest BCUT2D eigenvalue weighted by Crippen LogP contribution is 2.35. The Bertz CT molecular complexity index is 722. The fourth-order valence-corrected chi connectivity index (χ4v) is 3.53. The topological polar surface area (TPSA) is 51.7 Å². The number of para-hydroxylation sites is 2. The van der Waals surface area contributed by atoms with Crippen LogP contribution in [0.1, 0.15) is 0 Å². The lowest BCUT2D eigenvalue weighted by Crippen LogP contribution is -2.48. The molecule has 1 aromatic heterocycles. The predicted octanol–water partition coefficient (Wildman–Crippen LogP) is 2.36. The van der Waals surface area contributed by atoms with Gasteiger partial charge in [-0.15, -0.1) is 11.8 Å². The number of amides is 1. The van der Waals surface area contributed by atoms with Gasteiger partial charge in [0.1, 0.15) is 11.6 Å². The molecule has 2 aromatic rings. The van der Waals surface area contributed by atoms with Crippen LogP contribution in [0.25, 0.3) is 0 Å². The number of carbonyl (C=O) groups is 1.